The molecule has 0 aliphatic carbocycles. The molecule has 0 saturated heterocycles. The molecule has 0 radical (unpaired) electrons. The number of amides is 1. The van der Waals surface area contributed by atoms with Crippen molar-refractivity contribution in [1.82, 2.24) is 5.32 Å². The summed E-state index contributed by atoms with van der Waals surface area (Å²) < 4.78 is 22.2. The predicted octanol–water partition coefficient (Wildman–Crippen LogP) is -1.44. The van der Waals surface area contributed by atoms with Gasteiger partial charge in [0.1, 0.15) is 6.17 Å². The van der Waals surface area contributed by atoms with Crippen molar-refractivity contribution >= 4 is 17.3 Å². The van der Waals surface area contributed by atoms with Gasteiger partial charge in [-0.25, -0.2) is 0 Å². The van der Waals surface area contributed by atoms with Crippen LogP contribution in [-0.4, -0.2) is 27.4 Å². The monoisotopic (exact) mass is 182 g/mol. The lowest BCUT2D eigenvalue weighted by Crippen LogP contribution is -2.43. The molecule has 0 saturated carbocycles. The first-order valence-corrected chi connectivity index (χ1v) is 3.82. The van der Waals surface area contributed by atoms with Gasteiger partial charge in [0.15, 0.2) is 0 Å². The predicted molar refractivity (Wildman–Crippen MR) is 38.5 cm³/mol. The maximum Gasteiger partial charge on any atom is 0.302 e. The van der Waals surface area contributed by atoms with E-state index >= 15 is 0 Å². The van der Waals surface area contributed by atoms with Crippen LogP contribution in [0.1, 0.15) is 6.92 Å². The Morgan fingerprint density at radius 2 is 2.45 bits per heavy atom. The number of hydrogen-bond donors (Lipinski definition) is 3. The van der Waals surface area contributed by atoms with E-state index in [-0.39, 0.29) is 12.5 Å². The van der Waals surface area contributed by atoms with E-state index < -0.39 is 17.5 Å². The van der Waals surface area contributed by atoms with E-state index in [9.17, 15) is 9.00 Å². The molecule has 2 atom stereocenters. The summed E-state index contributed by atoms with van der Waals surface area (Å²) in [4.78, 5) is 10.3. The first-order chi connectivity index (χ1) is 5.02. The fourth-order valence-electron chi connectivity index (χ4n) is 0.434. The number of carbonyl (C=O) groups is 1. The van der Waals surface area contributed by atoms with Crippen molar-refractivity contribution in [3.8, 4) is 0 Å². The van der Waals surface area contributed by atoms with Gasteiger partial charge in [-0.3, -0.25) is 13.5 Å². The van der Waals surface area contributed by atoms with E-state index in [1.165, 1.54) is 6.92 Å². The molecule has 0 heterocycles. The van der Waals surface area contributed by atoms with Crippen LogP contribution in [0.3, 0.4) is 0 Å². The summed E-state index contributed by atoms with van der Waals surface area (Å²) in [5, 5.41) is 2.27. The Morgan fingerprint density at radius 3 is 2.82 bits per heavy atom. The van der Waals surface area contributed by atoms with Gasteiger partial charge in [-0.15, -0.1) is 0 Å². The second kappa shape index (κ2) is 5.19. The van der Waals surface area contributed by atoms with E-state index in [2.05, 4.69) is 9.50 Å². The number of carbonyl (C=O) groups excluding carboxylic acids is 1. The summed E-state index contributed by atoms with van der Waals surface area (Å²) in [6, 6.07) is 0. The minimum absolute atomic E-state index is 0.192. The number of hydrogen-bond acceptors (Lipinski definition) is 4. The van der Waals surface area contributed by atoms with E-state index in [4.69, 9.17) is 10.3 Å². The number of rotatable bonds is 4. The van der Waals surface area contributed by atoms with Crippen LogP contribution >= 0.6 is 0 Å². The van der Waals surface area contributed by atoms with Gasteiger partial charge in [0.05, 0.1) is 6.61 Å². The van der Waals surface area contributed by atoms with Crippen molar-refractivity contribution in [2.24, 2.45) is 5.73 Å². The molecule has 0 spiro atoms. The standard InChI is InChI=1S/C4H10N2O4S/c1-3(7)6-4(5)2-10-11(8)9/h4H,2,5H2,1H3,(H,6,7)(H,8,9). The Hall–Kier alpha value is -0.500. The molecule has 0 fully saturated rings. The van der Waals surface area contributed by atoms with Gasteiger partial charge in [0, 0.05) is 6.92 Å². The van der Waals surface area contributed by atoms with E-state index in [0.29, 0.717) is 0 Å². The normalized spacial score (nSPS) is 15.5. The van der Waals surface area contributed by atoms with Crippen LogP contribution in [0.15, 0.2) is 0 Å². The van der Waals surface area contributed by atoms with Crippen LogP contribution in [0.5, 0.6) is 0 Å². The fraction of sp³-hybridized carbons (Fsp3) is 0.750. The van der Waals surface area contributed by atoms with E-state index in [1.807, 2.05) is 0 Å². The Bertz CT molecular complexity index is 162. The highest BCUT2D eigenvalue weighted by Gasteiger charge is 2.04. The van der Waals surface area contributed by atoms with Gasteiger partial charge in [-0.05, 0) is 0 Å². The summed E-state index contributed by atoms with van der Waals surface area (Å²) in [5.74, 6) is -0.315. The summed E-state index contributed by atoms with van der Waals surface area (Å²) in [6.45, 7) is 1.10. The zero-order valence-electron chi connectivity index (χ0n) is 5.94. The minimum Gasteiger partial charge on any atom is -0.339 e. The Morgan fingerprint density at radius 1 is 1.91 bits per heavy atom. The van der Waals surface area contributed by atoms with Crippen LogP contribution in [0.25, 0.3) is 0 Å². The molecule has 0 aromatic rings. The van der Waals surface area contributed by atoms with Crippen LogP contribution in [0, 0.1) is 0 Å². The van der Waals surface area contributed by atoms with Gasteiger partial charge in [0.2, 0.25) is 5.91 Å². The van der Waals surface area contributed by atoms with Crippen LogP contribution in [0.4, 0.5) is 0 Å². The topological polar surface area (TPSA) is 102 Å². The largest absolute Gasteiger partial charge is 0.339 e. The lowest BCUT2D eigenvalue weighted by atomic mass is 10.5. The molecule has 0 rings (SSSR count). The summed E-state index contributed by atoms with van der Waals surface area (Å²) in [5.41, 5.74) is 5.22. The molecule has 4 N–H and O–H groups in total. The van der Waals surface area contributed by atoms with Crippen LogP contribution in [-0.2, 0) is 20.3 Å². The van der Waals surface area contributed by atoms with Crippen LogP contribution < -0.4 is 11.1 Å². The van der Waals surface area contributed by atoms with Gasteiger partial charge in [-0.1, -0.05) is 0 Å². The lowest BCUT2D eigenvalue weighted by molar-refractivity contribution is -0.119. The molecule has 0 bridgehead atoms. The molecule has 1 amide bonds. The average Bonchev–Trinajstić information content (AvgIpc) is 1.82. The third kappa shape index (κ3) is 7.40. The second-order valence-corrected chi connectivity index (χ2v) is 2.48. The van der Waals surface area contributed by atoms with E-state index in [0.717, 1.165) is 0 Å². The molecule has 0 aromatic carbocycles. The zero-order chi connectivity index (χ0) is 8.85. The second-order valence-electron chi connectivity index (χ2n) is 1.81. The zero-order valence-corrected chi connectivity index (χ0v) is 6.76. The Kier molecular flexibility index (Phi) is 4.95. The van der Waals surface area contributed by atoms with Crippen molar-refractivity contribution < 1.29 is 17.7 Å². The maximum atomic E-state index is 10.3. The molecular formula is C4H10N2O4S. The molecule has 66 valence electrons. The lowest BCUT2D eigenvalue weighted by Gasteiger charge is -2.09. The summed E-state index contributed by atoms with van der Waals surface area (Å²) in [6.07, 6.45) is -0.747. The van der Waals surface area contributed by atoms with Crippen molar-refractivity contribution in [3.05, 3.63) is 0 Å². The highest BCUT2D eigenvalue weighted by Crippen LogP contribution is 1.80. The fourth-order valence-corrected chi connectivity index (χ4v) is 0.697. The van der Waals surface area contributed by atoms with Crippen LogP contribution in [0.2, 0.25) is 0 Å². The third-order valence-corrected chi connectivity index (χ3v) is 1.07. The van der Waals surface area contributed by atoms with Gasteiger partial charge in [0.25, 0.3) is 0 Å². The van der Waals surface area contributed by atoms with Crippen molar-refractivity contribution in [3.63, 3.8) is 0 Å². The highest BCUT2D eigenvalue weighted by atomic mass is 32.2. The molecule has 11 heavy (non-hydrogen) atoms. The van der Waals surface area contributed by atoms with Gasteiger partial charge < -0.3 is 11.1 Å². The van der Waals surface area contributed by atoms with E-state index in [1.54, 1.807) is 0 Å². The quantitative estimate of drug-likeness (QED) is 0.365. The third-order valence-electron chi connectivity index (χ3n) is 0.737. The van der Waals surface area contributed by atoms with Crippen molar-refractivity contribution in [2.45, 2.75) is 13.1 Å². The number of nitrogens with two attached hydrogens (primary N) is 1. The SMILES string of the molecule is CC(=O)NC(N)COS(=O)O. The molecule has 6 nitrogen and oxygen atoms in total. The minimum atomic E-state index is -2.33. The first-order valence-electron chi connectivity index (χ1n) is 2.79. The Balaban J connectivity index is 3.44. The molecule has 0 aliphatic rings. The molecule has 0 aliphatic heterocycles. The average molecular weight is 182 g/mol. The molecule has 0 aromatic heterocycles. The van der Waals surface area contributed by atoms with Crippen molar-refractivity contribution in [2.75, 3.05) is 6.61 Å². The van der Waals surface area contributed by atoms with Gasteiger partial charge >= 0.3 is 11.4 Å². The molecular weight excluding hydrogens is 172 g/mol. The number of nitrogens with one attached hydrogen (secondary N) is 1. The summed E-state index contributed by atoms with van der Waals surface area (Å²) in [7, 11) is 0. The smallest absolute Gasteiger partial charge is 0.302 e. The van der Waals surface area contributed by atoms with Crippen molar-refractivity contribution in [1.29, 1.82) is 0 Å². The first kappa shape index (κ1) is 10.5. The molecule has 7 heteroatoms. The Labute approximate surface area is 66.6 Å². The highest BCUT2D eigenvalue weighted by molar-refractivity contribution is 7.74. The summed E-state index contributed by atoms with van der Waals surface area (Å²) >= 11 is -2.33. The maximum absolute atomic E-state index is 10.3. The van der Waals surface area contributed by atoms with Gasteiger partial charge in [-0.2, -0.15) is 4.21 Å². The molecule has 2 unspecified atom stereocenters.